The van der Waals surface area contributed by atoms with Crippen molar-refractivity contribution >= 4 is 11.4 Å². The first-order valence-corrected chi connectivity index (χ1v) is 6.93. The molecule has 2 rings (SSSR count). The monoisotopic (exact) mass is 270 g/mol. The second kappa shape index (κ2) is 5.97. The molecule has 0 saturated carbocycles. The van der Waals surface area contributed by atoms with Crippen LogP contribution in [0.3, 0.4) is 0 Å². The molecule has 0 heterocycles. The molecule has 0 amide bonds. The van der Waals surface area contributed by atoms with Crippen LogP contribution in [0.5, 0.6) is 5.75 Å². The van der Waals surface area contributed by atoms with E-state index in [4.69, 9.17) is 5.73 Å². The number of nitrogens with zero attached hydrogens (tertiary/aromatic N) is 1. The Labute approximate surface area is 120 Å². The molecule has 0 spiro atoms. The molecule has 0 atom stereocenters. The number of hydrogen-bond acceptors (Lipinski definition) is 3. The standard InChI is InChI=1S/C17H22N2O/c1-4-19(17-10-16(20)8-5-12(17)2)15-7-6-14(11-18)13(3)9-15/h5-10,20H,4,11,18H2,1-3H3. The van der Waals surface area contributed by atoms with Crippen molar-refractivity contribution in [1.82, 2.24) is 0 Å². The van der Waals surface area contributed by atoms with Crippen LogP contribution in [0.15, 0.2) is 36.4 Å². The lowest BCUT2D eigenvalue weighted by Crippen LogP contribution is -2.17. The van der Waals surface area contributed by atoms with E-state index in [0.717, 1.165) is 29.0 Å². The lowest BCUT2D eigenvalue weighted by molar-refractivity contribution is 0.475. The maximum absolute atomic E-state index is 9.72. The van der Waals surface area contributed by atoms with Crippen LogP contribution in [0.1, 0.15) is 23.6 Å². The molecule has 3 N–H and O–H groups in total. The molecule has 0 aliphatic rings. The van der Waals surface area contributed by atoms with E-state index in [1.807, 2.05) is 12.1 Å². The minimum absolute atomic E-state index is 0.291. The highest BCUT2D eigenvalue weighted by atomic mass is 16.3. The van der Waals surface area contributed by atoms with Gasteiger partial charge in [-0.25, -0.2) is 0 Å². The summed E-state index contributed by atoms with van der Waals surface area (Å²) in [6, 6.07) is 11.8. The van der Waals surface area contributed by atoms with Crippen molar-refractivity contribution in [3.05, 3.63) is 53.1 Å². The molecule has 2 aromatic carbocycles. The van der Waals surface area contributed by atoms with Gasteiger partial charge in [-0.3, -0.25) is 0 Å². The first-order valence-electron chi connectivity index (χ1n) is 6.93. The Morgan fingerprint density at radius 1 is 1.05 bits per heavy atom. The molecule has 20 heavy (non-hydrogen) atoms. The van der Waals surface area contributed by atoms with Crippen LogP contribution >= 0.6 is 0 Å². The second-order valence-corrected chi connectivity index (χ2v) is 5.03. The largest absolute Gasteiger partial charge is 0.508 e. The number of aryl methyl sites for hydroxylation is 2. The summed E-state index contributed by atoms with van der Waals surface area (Å²) in [4.78, 5) is 2.20. The third-order valence-corrected chi connectivity index (χ3v) is 3.66. The van der Waals surface area contributed by atoms with Gasteiger partial charge in [-0.1, -0.05) is 12.1 Å². The van der Waals surface area contributed by atoms with Gasteiger partial charge in [0.1, 0.15) is 5.75 Å². The first kappa shape index (κ1) is 14.4. The van der Waals surface area contributed by atoms with Crippen LogP contribution in [0.25, 0.3) is 0 Å². The zero-order valence-corrected chi connectivity index (χ0v) is 12.4. The third kappa shape index (κ3) is 2.78. The molecular formula is C17H22N2O. The summed E-state index contributed by atoms with van der Waals surface area (Å²) in [5.41, 5.74) is 11.4. The van der Waals surface area contributed by atoms with E-state index in [9.17, 15) is 5.11 Å². The van der Waals surface area contributed by atoms with Gasteiger partial charge in [0.05, 0.1) is 0 Å². The Morgan fingerprint density at radius 2 is 1.80 bits per heavy atom. The van der Waals surface area contributed by atoms with Crippen LogP contribution in [0.4, 0.5) is 11.4 Å². The van der Waals surface area contributed by atoms with Gasteiger partial charge in [0.2, 0.25) is 0 Å². The fourth-order valence-electron chi connectivity index (χ4n) is 2.46. The molecule has 3 heteroatoms. The molecule has 0 fully saturated rings. The maximum Gasteiger partial charge on any atom is 0.117 e. The van der Waals surface area contributed by atoms with Crippen molar-refractivity contribution < 1.29 is 5.11 Å². The first-order chi connectivity index (χ1) is 9.56. The van der Waals surface area contributed by atoms with E-state index >= 15 is 0 Å². The predicted octanol–water partition coefficient (Wildman–Crippen LogP) is 3.63. The molecule has 0 aliphatic heterocycles. The zero-order valence-electron chi connectivity index (χ0n) is 12.4. The predicted molar refractivity (Wildman–Crippen MR) is 84.6 cm³/mol. The summed E-state index contributed by atoms with van der Waals surface area (Å²) in [5, 5.41) is 9.72. The number of aromatic hydroxyl groups is 1. The molecule has 0 bridgehead atoms. The van der Waals surface area contributed by atoms with Gasteiger partial charge in [0.15, 0.2) is 0 Å². The van der Waals surface area contributed by atoms with Crippen molar-refractivity contribution in [3.63, 3.8) is 0 Å². The maximum atomic E-state index is 9.72. The quantitative estimate of drug-likeness (QED) is 0.892. The Hall–Kier alpha value is -2.00. The average molecular weight is 270 g/mol. The van der Waals surface area contributed by atoms with E-state index in [1.54, 1.807) is 6.07 Å². The Bertz CT molecular complexity index is 608. The third-order valence-electron chi connectivity index (χ3n) is 3.66. The normalized spacial score (nSPS) is 10.6. The molecule has 0 aromatic heterocycles. The van der Waals surface area contributed by atoms with Gasteiger partial charge in [0, 0.05) is 30.5 Å². The van der Waals surface area contributed by atoms with Crippen LogP contribution in [0, 0.1) is 13.8 Å². The number of rotatable bonds is 4. The van der Waals surface area contributed by atoms with Crippen LogP contribution in [0.2, 0.25) is 0 Å². The number of anilines is 2. The van der Waals surface area contributed by atoms with Gasteiger partial charge in [-0.15, -0.1) is 0 Å². The zero-order chi connectivity index (χ0) is 14.7. The lowest BCUT2D eigenvalue weighted by atomic mass is 10.1. The summed E-state index contributed by atoms with van der Waals surface area (Å²) in [7, 11) is 0. The fourth-order valence-corrected chi connectivity index (χ4v) is 2.46. The van der Waals surface area contributed by atoms with Gasteiger partial charge < -0.3 is 15.7 Å². The molecule has 3 nitrogen and oxygen atoms in total. The van der Waals surface area contributed by atoms with Crippen LogP contribution < -0.4 is 10.6 Å². The van der Waals surface area contributed by atoms with E-state index in [2.05, 4.69) is 43.9 Å². The minimum Gasteiger partial charge on any atom is -0.508 e. The Balaban J connectivity index is 2.46. The molecule has 0 unspecified atom stereocenters. The lowest BCUT2D eigenvalue weighted by Gasteiger charge is -2.26. The van der Waals surface area contributed by atoms with E-state index in [1.165, 1.54) is 5.56 Å². The summed E-state index contributed by atoms with van der Waals surface area (Å²) in [5.74, 6) is 0.291. The number of phenolic OH excluding ortho intramolecular Hbond substituents is 1. The van der Waals surface area contributed by atoms with Gasteiger partial charge in [-0.05, 0) is 55.7 Å². The number of phenols is 1. The number of benzene rings is 2. The summed E-state index contributed by atoms with van der Waals surface area (Å²) < 4.78 is 0. The Morgan fingerprint density at radius 3 is 2.40 bits per heavy atom. The van der Waals surface area contributed by atoms with Crippen molar-refractivity contribution in [2.45, 2.75) is 27.3 Å². The SMILES string of the molecule is CCN(c1ccc(CN)c(C)c1)c1cc(O)ccc1C. The highest BCUT2D eigenvalue weighted by molar-refractivity contribution is 5.68. The van der Waals surface area contributed by atoms with Crippen molar-refractivity contribution in [2.24, 2.45) is 5.73 Å². The number of hydrogen-bond donors (Lipinski definition) is 2. The van der Waals surface area contributed by atoms with Crippen molar-refractivity contribution in [1.29, 1.82) is 0 Å². The van der Waals surface area contributed by atoms with E-state index in [-0.39, 0.29) is 0 Å². The average Bonchev–Trinajstić information content (AvgIpc) is 2.44. The number of nitrogens with two attached hydrogens (primary N) is 1. The van der Waals surface area contributed by atoms with E-state index in [0.29, 0.717) is 12.3 Å². The highest BCUT2D eigenvalue weighted by Gasteiger charge is 2.11. The summed E-state index contributed by atoms with van der Waals surface area (Å²) >= 11 is 0. The van der Waals surface area contributed by atoms with Gasteiger partial charge in [-0.2, -0.15) is 0 Å². The molecule has 106 valence electrons. The molecule has 0 radical (unpaired) electrons. The van der Waals surface area contributed by atoms with Crippen molar-refractivity contribution in [2.75, 3.05) is 11.4 Å². The van der Waals surface area contributed by atoms with Crippen molar-refractivity contribution in [3.8, 4) is 5.75 Å². The minimum atomic E-state index is 0.291. The summed E-state index contributed by atoms with van der Waals surface area (Å²) in [6.07, 6.45) is 0. The summed E-state index contributed by atoms with van der Waals surface area (Å²) in [6.45, 7) is 7.64. The van der Waals surface area contributed by atoms with Gasteiger partial charge >= 0.3 is 0 Å². The molecular weight excluding hydrogens is 248 g/mol. The smallest absolute Gasteiger partial charge is 0.117 e. The molecule has 2 aromatic rings. The molecule has 0 saturated heterocycles. The fraction of sp³-hybridized carbons (Fsp3) is 0.294. The molecule has 0 aliphatic carbocycles. The second-order valence-electron chi connectivity index (χ2n) is 5.03. The van der Waals surface area contributed by atoms with E-state index < -0.39 is 0 Å². The highest BCUT2D eigenvalue weighted by Crippen LogP contribution is 2.31. The Kier molecular flexibility index (Phi) is 4.30. The van der Waals surface area contributed by atoms with Gasteiger partial charge in [0.25, 0.3) is 0 Å². The van der Waals surface area contributed by atoms with Crippen LogP contribution in [-0.2, 0) is 6.54 Å². The topological polar surface area (TPSA) is 49.5 Å². The van der Waals surface area contributed by atoms with Crippen LogP contribution in [-0.4, -0.2) is 11.7 Å².